The third-order valence-corrected chi connectivity index (χ3v) is 4.72. The van der Waals surface area contributed by atoms with Gasteiger partial charge in [-0.25, -0.2) is 0 Å². The van der Waals surface area contributed by atoms with E-state index in [9.17, 15) is 4.79 Å². The van der Waals surface area contributed by atoms with E-state index in [0.717, 1.165) is 29.8 Å². The Morgan fingerprint density at radius 3 is 2.39 bits per heavy atom. The maximum absolute atomic E-state index is 12.8. The van der Waals surface area contributed by atoms with Crippen molar-refractivity contribution in [2.75, 3.05) is 0 Å². The highest BCUT2D eigenvalue weighted by molar-refractivity contribution is 6.30. The van der Waals surface area contributed by atoms with Crippen molar-refractivity contribution in [3.63, 3.8) is 0 Å². The quantitative estimate of drug-likeness (QED) is 0.729. The van der Waals surface area contributed by atoms with Gasteiger partial charge in [-0.1, -0.05) is 54.1 Å². The van der Waals surface area contributed by atoms with Crippen molar-refractivity contribution in [1.29, 1.82) is 0 Å². The van der Waals surface area contributed by atoms with Gasteiger partial charge in [-0.15, -0.1) is 0 Å². The van der Waals surface area contributed by atoms with Crippen LogP contribution < -0.4 is 0 Å². The van der Waals surface area contributed by atoms with Gasteiger partial charge in [-0.3, -0.25) is 4.79 Å². The van der Waals surface area contributed by atoms with E-state index in [1.807, 2.05) is 42.5 Å². The van der Waals surface area contributed by atoms with Crippen molar-refractivity contribution in [1.82, 2.24) is 4.90 Å². The van der Waals surface area contributed by atoms with Crippen molar-refractivity contribution in [3.05, 3.63) is 70.7 Å². The van der Waals surface area contributed by atoms with Crippen molar-refractivity contribution >= 4 is 17.5 Å². The topological polar surface area (TPSA) is 20.3 Å². The third-order valence-electron chi connectivity index (χ3n) is 4.47. The van der Waals surface area contributed by atoms with Crippen LogP contribution in [0.2, 0.25) is 5.02 Å². The third kappa shape index (κ3) is 4.14. The van der Waals surface area contributed by atoms with E-state index in [1.54, 1.807) is 0 Å². The van der Waals surface area contributed by atoms with Crippen LogP contribution in [-0.2, 0) is 11.2 Å². The summed E-state index contributed by atoms with van der Waals surface area (Å²) in [5, 5.41) is 0.731. The normalized spacial score (nSPS) is 15.2. The molecule has 0 saturated heterocycles. The summed E-state index contributed by atoms with van der Waals surface area (Å²) in [7, 11) is 0. The SMILES string of the molecule is CC(c1ccc(Cl)cc1)N(C(=O)CCc1ccccc1)C1CC1. The number of hydrogen-bond donors (Lipinski definition) is 0. The molecule has 2 aromatic rings. The average Bonchev–Trinajstić information content (AvgIpc) is 3.39. The first-order chi connectivity index (χ1) is 11.1. The van der Waals surface area contributed by atoms with E-state index in [-0.39, 0.29) is 11.9 Å². The van der Waals surface area contributed by atoms with E-state index >= 15 is 0 Å². The molecule has 0 spiro atoms. The van der Waals surface area contributed by atoms with Crippen LogP contribution in [0.1, 0.15) is 43.4 Å². The van der Waals surface area contributed by atoms with E-state index in [1.165, 1.54) is 5.56 Å². The number of amides is 1. The number of nitrogens with zero attached hydrogens (tertiary/aromatic N) is 1. The first-order valence-electron chi connectivity index (χ1n) is 8.25. The standard InChI is InChI=1S/C20H22ClNO/c1-15(17-8-10-18(21)11-9-17)22(19-12-13-19)20(23)14-7-16-5-3-2-4-6-16/h2-6,8-11,15,19H,7,12-14H2,1H3. The van der Waals surface area contributed by atoms with Gasteiger partial charge >= 0.3 is 0 Å². The van der Waals surface area contributed by atoms with Gasteiger partial charge in [0, 0.05) is 17.5 Å². The Balaban J connectivity index is 1.68. The molecule has 1 saturated carbocycles. The Morgan fingerprint density at radius 2 is 1.78 bits per heavy atom. The summed E-state index contributed by atoms with van der Waals surface area (Å²) in [4.78, 5) is 14.9. The molecule has 2 nitrogen and oxygen atoms in total. The second-order valence-corrected chi connectivity index (χ2v) is 6.68. The molecule has 1 aliphatic carbocycles. The largest absolute Gasteiger partial charge is 0.333 e. The Labute approximate surface area is 143 Å². The highest BCUT2D eigenvalue weighted by Gasteiger charge is 2.35. The van der Waals surface area contributed by atoms with Gasteiger partial charge < -0.3 is 4.90 Å². The highest BCUT2D eigenvalue weighted by Crippen LogP contribution is 2.35. The zero-order valence-electron chi connectivity index (χ0n) is 13.4. The molecule has 1 amide bonds. The van der Waals surface area contributed by atoms with Crippen LogP contribution in [-0.4, -0.2) is 16.8 Å². The minimum atomic E-state index is 0.100. The molecule has 1 aliphatic rings. The lowest BCUT2D eigenvalue weighted by atomic mass is 10.0. The van der Waals surface area contributed by atoms with Crippen LogP contribution in [0.4, 0.5) is 0 Å². The molecular weight excluding hydrogens is 306 g/mol. The molecule has 120 valence electrons. The van der Waals surface area contributed by atoms with E-state index < -0.39 is 0 Å². The summed E-state index contributed by atoms with van der Waals surface area (Å²) in [6, 6.07) is 18.6. The van der Waals surface area contributed by atoms with Gasteiger partial charge in [-0.05, 0) is 49.4 Å². The predicted molar refractivity (Wildman–Crippen MR) is 94.5 cm³/mol. The number of rotatable bonds is 6. The van der Waals surface area contributed by atoms with Crippen LogP contribution >= 0.6 is 11.6 Å². The Kier molecular flexibility index (Phi) is 5.02. The lowest BCUT2D eigenvalue weighted by molar-refractivity contribution is -0.134. The van der Waals surface area contributed by atoms with Crippen molar-refractivity contribution in [2.24, 2.45) is 0 Å². The number of carbonyl (C=O) groups is 1. The fourth-order valence-electron chi connectivity index (χ4n) is 3.02. The van der Waals surface area contributed by atoms with Gasteiger partial charge in [0.2, 0.25) is 5.91 Å². The number of carbonyl (C=O) groups excluding carboxylic acids is 1. The number of benzene rings is 2. The molecule has 0 bridgehead atoms. The average molecular weight is 328 g/mol. The van der Waals surface area contributed by atoms with E-state index in [2.05, 4.69) is 24.0 Å². The first kappa shape index (κ1) is 16.1. The lowest BCUT2D eigenvalue weighted by Gasteiger charge is -2.30. The summed E-state index contributed by atoms with van der Waals surface area (Å²) in [6.07, 6.45) is 3.61. The number of halogens is 1. The second-order valence-electron chi connectivity index (χ2n) is 6.25. The number of hydrogen-bond acceptors (Lipinski definition) is 1. The van der Waals surface area contributed by atoms with Gasteiger partial charge in [-0.2, -0.15) is 0 Å². The van der Waals surface area contributed by atoms with Gasteiger partial charge in [0.1, 0.15) is 0 Å². The fourth-order valence-corrected chi connectivity index (χ4v) is 3.14. The summed E-state index contributed by atoms with van der Waals surface area (Å²) >= 11 is 5.97. The first-order valence-corrected chi connectivity index (χ1v) is 8.63. The van der Waals surface area contributed by atoms with Crippen molar-refractivity contribution in [2.45, 2.75) is 44.7 Å². The summed E-state index contributed by atoms with van der Waals surface area (Å²) in [5.74, 6) is 0.249. The van der Waals surface area contributed by atoms with Crippen LogP contribution in [0.25, 0.3) is 0 Å². The maximum Gasteiger partial charge on any atom is 0.223 e. The molecule has 0 N–H and O–H groups in total. The van der Waals surface area contributed by atoms with E-state index in [0.29, 0.717) is 12.5 Å². The summed E-state index contributed by atoms with van der Waals surface area (Å²) in [6.45, 7) is 2.11. The smallest absolute Gasteiger partial charge is 0.223 e. The molecule has 1 fully saturated rings. The minimum absolute atomic E-state index is 0.100. The molecule has 3 heteroatoms. The molecule has 0 radical (unpaired) electrons. The van der Waals surface area contributed by atoms with Gasteiger partial charge in [0.05, 0.1) is 6.04 Å². The number of aryl methyl sites for hydroxylation is 1. The van der Waals surface area contributed by atoms with Crippen LogP contribution in [0.5, 0.6) is 0 Å². The summed E-state index contributed by atoms with van der Waals surface area (Å²) < 4.78 is 0. The van der Waals surface area contributed by atoms with Crippen molar-refractivity contribution < 1.29 is 4.79 Å². The Hall–Kier alpha value is -1.80. The fraction of sp³-hybridized carbons (Fsp3) is 0.350. The maximum atomic E-state index is 12.8. The summed E-state index contributed by atoms with van der Waals surface area (Å²) in [5.41, 5.74) is 2.37. The lowest BCUT2D eigenvalue weighted by Crippen LogP contribution is -2.35. The molecular formula is C20H22ClNO. The monoisotopic (exact) mass is 327 g/mol. The molecule has 1 atom stereocenters. The van der Waals surface area contributed by atoms with E-state index in [4.69, 9.17) is 11.6 Å². The molecule has 23 heavy (non-hydrogen) atoms. The zero-order valence-corrected chi connectivity index (χ0v) is 14.2. The zero-order chi connectivity index (χ0) is 16.2. The van der Waals surface area contributed by atoms with Crippen molar-refractivity contribution in [3.8, 4) is 0 Å². The highest BCUT2D eigenvalue weighted by atomic mass is 35.5. The molecule has 1 unspecified atom stereocenters. The Morgan fingerprint density at radius 1 is 1.13 bits per heavy atom. The molecule has 2 aromatic carbocycles. The van der Waals surface area contributed by atoms with Crippen LogP contribution in [0.3, 0.4) is 0 Å². The molecule has 0 aromatic heterocycles. The molecule has 3 rings (SSSR count). The van der Waals surface area contributed by atoms with Gasteiger partial charge in [0.15, 0.2) is 0 Å². The van der Waals surface area contributed by atoms with Gasteiger partial charge in [0.25, 0.3) is 0 Å². The molecule has 0 aliphatic heterocycles. The Bertz CT molecular complexity index is 649. The van der Waals surface area contributed by atoms with Crippen LogP contribution in [0.15, 0.2) is 54.6 Å². The minimum Gasteiger partial charge on any atom is -0.333 e. The second kappa shape index (κ2) is 7.18. The molecule has 0 heterocycles. The van der Waals surface area contributed by atoms with Crippen LogP contribution in [0, 0.1) is 0 Å². The predicted octanol–water partition coefficient (Wildman–Crippen LogP) is 5.02.